The van der Waals surface area contributed by atoms with E-state index in [-0.39, 0.29) is 19.0 Å². The second kappa shape index (κ2) is 5.10. The topological polar surface area (TPSA) is 51.5 Å². The van der Waals surface area contributed by atoms with Crippen molar-refractivity contribution in [2.24, 2.45) is 0 Å². The maximum Gasteiger partial charge on any atom is 0.231 e. The zero-order valence-corrected chi connectivity index (χ0v) is 10.4. The number of nitrogens with zero attached hydrogens (tertiary/aromatic N) is 1. The maximum atomic E-state index is 13.3. The van der Waals surface area contributed by atoms with Gasteiger partial charge in [0.05, 0.1) is 11.6 Å². The highest BCUT2D eigenvalue weighted by molar-refractivity contribution is 5.47. The molecule has 0 bridgehead atoms. The summed E-state index contributed by atoms with van der Waals surface area (Å²) in [7, 11) is 0. The van der Waals surface area contributed by atoms with Crippen molar-refractivity contribution in [1.82, 2.24) is 0 Å². The molecule has 0 saturated heterocycles. The van der Waals surface area contributed by atoms with Crippen LogP contribution in [0.15, 0.2) is 36.4 Å². The van der Waals surface area contributed by atoms with Gasteiger partial charge in [0.15, 0.2) is 11.5 Å². The van der Waals surface area contributed by atoms with Crippen LogP contribution >= 0.6 is 0 Å². The Hall–Kier alpha value is -2.74. The van der Waals surface area contributed by atoms with Crippen LogP contribution in [0.3, 0.4) is 0 Å². The Bertz CT molecular complexity index is 694. The van der Waals surface area contributed by atoms with Crippen molar-refractivity contribution in [3.8, 4) is 23.3 Å². The summed E-state index contributed by atoms with van der Waals surface area (Å²) in [5.41, 5.74) is 0.869. The number of rotatable bonds is 3. The third-order valence-electron chi connectivity index (χ3n) is 2.84. The van der Waals surface area contributed by atoms with Gasteiger partial charge in [-0.2, -0.15) is 5.26 Å². The number of hydrogen-bond acceptors (Lipinski definition) is 4. The van der Waals surface area contributed by atoms with E-state index in [0.29, 0.717) is 22.8 Å². The molecule has 4 nitrogen and oxygen atoms in total. The lowest BCUT2D eigenvalue weighted by Gasteiger charge is -2.07. The van der Waals surface area contributed by atoms with Crippen molar-refractivity contribution in [3.05, 3.63) is 53.3 Å². The third-order valence-corrected chi connectivity index (χ3v) is 2.84. The van der Waals surface area contributed by atoms with Crippen LogP contribution in [0.4, 0.5) is 4.39 Å². The Kier molecular flexibility index (Phi) is 3.13. The first-order valence-electron chi connectivity index (χ1n) is 5.96. The molecule has 5 heteroatoms. The van der Waals surface area contributed by atoms with Crippen molar-refractivity contribution < 1.29 is 18.6 Å². The van der Waals surface area contributed by atoms with Crippen molar-refractivity contribution in [2.45, 2.75) is 6.61 Å². The van der Waals surface area contributed by atoms with Gasteiger partial charge < -0.3 is 14.2 Å². The van der Waals surface area contributed by atoms with Crippen molar-refractivity contribution in [2.75, 3.05) is 6.79 Å². The van der Waals surface area contributed by atoms with Crippen LogP contribution in [0.1, 0.15) is 11.1 Å². The summed E-state index contributed by atoms with van der Waals surface area (Å²) in [6.07, 6.45) is 0. The maximum absolute atomic E-state index is 13.3. The SMILES string of the molecule is N#Cc1cc(F)cc(COc2ccc3c(c2)OCO3)c1. The minimum absolute atomic E-state index is 0.173. The Balaban J connectivity index is 1.73. The highest BCUT2D eigenvalue weighted by Crippen LogP contribution is 2.35. The fourth-order valence-corrected chi connectivity index (χ4v) is 1.93. The molecular weight excluding hydrogens is 261 g/mol. The summed E-state index contributed by atoms with van der Waals surface area (Å²) in [5.74, 6) is 1.44. The molecule has 0 aliphatic carbocycles. The predicted octanol–water partition coefficient (Wildman–Crippen LogP) is 3.01. The van der Waals surface area contributed by atoms with Gasteiger partial charge in [0.1, 0.15) is 18.2 Å². The molecule has 2 aromatic rings. The predicted molar refractivity (Wildman–Crippen MR) is 68.0 cm³/mol. The minimum Gasteiger partial charge on any atom is -0.489 e. The van der Waals surface area contributed by atoms with E-state index in [2.05, 4.69) is 0 Å². The first-order chi connectivity index (χ1) is 9.74. The number of benzene rings is 2. The Morgan fingerprint density at radius 2 is 2.00 bits per heavy atom. The molecule has 0 unspecified atom stereocenters. The van der Waals surface area contributed by atoms with Crippen LogP contribution in [0.5, 0.6) is 17.2 Å². The molecule has 0 aromatic heterocycles. The molecule has 3 rings (SSSR count). The van der Waals surface area contributed by atoms with Crippen molar-refractivity contribution in [3.63, 3.8) is 0 Å². The molecule has 100 valence electrons. The average molecular weight is 271 g/mol. The van der Waals surface area contributed by atoms with Crippen LogP contribution in [0, 0.1) is 17.1 Å². The van der Waals surface area contributed by atoms with Gasteiger partial charge in [-0.25, -0.2) is 4.39 Å². The quantitative estimate of drug-likeness (QED) is 0.861. The zero-order chi connectivity index (χ0) is 13.9. The molecule has 2 aromatic carbocycles. The van der Waals surface area contributed by atoms with Crippen molar-refractivity contribution in [1.29, 1.82) is 5.26 Å². The molecule has 0 fully saturated rings. The third kappa shape index (κ3) is 2.50. The highest BCUT2D eigenvalue weighted by Gasteiger charge is 2.13. The van der Waals surface area contributed by atoms with E-state index in [4.69, 9.17) is 19.5 Å². The van der Waals surface area contributed by atoms with E-state index in [1.54, 1.807) is 24.3 Å². The molecule has 0 atom stereocenters. The number of fused-ring (bicyclic) bond motifs is 1. The first kappa shape index (κ1) is 12.3. The van der Waals surface area contributed by atoms with Gasteiger partial charge in [-0.15, -0.1) is 0 Å². The number of hydrogen-bond donors (Lipinski definition) is 0. The summed E-state index contributed by atoms with van der Waals surface area (Å²) >= 11 is 0. The molecule has 1 aliphatic rings. The monoisotopic (exact) mass is 271 g/mol. The van der Waals surface area contributed by atoms with Gasteiger partial charge in [0.25, 0.3) is 0 Å². The molecule has 0 radical (unpaired) electrons. The van der Waals surface area contributed by atoms with Crippen LogP contribution in [-0.2, 0) is 6.61 Å². The van der Waals surface area contributed by atoms with Gasteiger partial charge in [-0.1, -0.05) is 0 Å². The van der Waals surface area contributed by atoms with Crippen LogP contribution < -0.4 is 14.2 Å². The minimum atomic E-state index is -0.451. The second-order valence-corrected chi connectivity index (χ2v) is 4.26. The summed E-state index contributed by atoms with van der Waals surface area (Å²) in [4.78, 5) is 0. The zero-order valence-electron chi connectivity index (χ0n) is 10.4. The number of ether oxygens (including phenoxy) is 3. The summed E-state index contributed by atoms with van der Waals surface area (Å²) < 4.78 is 29.3. The Morgan fingerprint density at radius 3 is 2.85 bits per heavy atom. The van der Waals surface area contributed by atoms with E-state index in [0.717, 1.165) is 0 Å². The lowest BCUT2D eigenvalue weighted by atomic mass is 10.1. The van der Waals surface area contributed by atoms with E-state index < -0.39 is 5.82 Å². The molecule has 0 spiro atoms. The average Bonchev–Trinajstić information content (AvgIpc) is 2.92. The Labute approximate surface area is 114 Å². The van der Waals surface area contributed by atoms with Crippen LogP contribution in [-0.4, -0.2) is 6.79 Å². The van der Waals surface area contributed by atoms with E-state index in [9.17, 15) is 4.39 Å². The molecule has 1 heterocycles. The lowest BCUT2D eigenvalue weighted by Crippen LogP contribution is -1.97. The summed E-state index contributed by atoms with van der Waals surface area (Å²) in [6, 6.07) is 11.2. The standard InChI is InChI=1S/C15H10FNO3/c16-12-4-10(7-17)3-11(5-12)8-18-13-1-2-14-15(6-13)20-9-19-14/h1-6H,8-9H2. The van der Waals surface area contributed by atoms with Gasteiger partial charge >= 0.3 is 0 Å². The summed E-state index contributed by atoms with van der Waals surface area (Å²) in [6.45, 7) is 0.375. The smallest absolute Gasteiger partial charge is 0.231 e. The molecular formula is C15H10FNO3. The van der Waals surface area contributed by atoms with Gasteiger partial charge in [0, 0.05) is 6.07 Å². The second-order valence-electron chi connectivity index (χ2n) is 4.26. The van der Waals surface area contributed by atoms with Gasteiger partial charge in [-0.3, -0.25) is 0 Å². The Morgan fingerprint density at radius 1 is 1.15 bits per heavy atom. The van der Waals surface area contributed by atoms with E-state index in [1.165, 1.54) is 12.1 Å². The molecule has 0 saturated carbocycles. The molecule has 0 amide bonds. The van der Waals surface area contributed by atoms with Crippen LogP contribution in [0.2, 0.25) is 0 Å². The van der Waals surface area contributed by atoms with Crippen molar-refractivity contribution >= 4 is 0 Å². The van der Waals surface area contributed by atoms with Crippen LogP contribution in [0.25, 0.3) is 0 Å². The number of nitriles is 1. The van der Waals surface area contributed by atoms with E-state index >= 15 is 0 Å². The normalized spacial score (nSPS) is 12.0. The largest absolute Gasteiger partial charge is 0.489 e. The first-order valence-corrected chi connectivity index (χ1v) is 5.96. The molecule has 20 heavy (non-hydrogen) atoms. The van der Waals surface area contributed by atoms with Gasteiger partial charge in [-0.05, 0) is 35.9 Å². The summed E-state index contributed by atoms with van der Waals surface area (Å²) in [5, 5.41) is 8.79. The lowest BCUT2D eigenvalue weighted by molar-refractivity contribution is 0.173. The number of halogens is 1. The highest BCUT2D eigenvalue weighted by atomic mass is 19.1. The fourth-order valence-electron chi connectivity index (χ4n) is 1.93. The molecule has 1 aliphatic heterocycles. The van der Waals surface area contributed by atoms with Gasteiger partial charge in [0.2, 0.25) is 6.79 Å². The van der Waals surface area contributed by atoms with E-state index in [1.807, 2.05) is 6.07 Å². The fraction of sp³-hybridized carbons (Fsp3) is 0.133. The molecule has 0 N–H and O–H groups in total.